The number of hydrogen-bond donors (Lipinski definition) is 1. The van der Waals surface area contributed by atoms with Crippen LogP contribution in [-0.2, 0) is 13.0 Å². The summed E-state index contributed by atoms with van der Waals surface area (Å²) in [5.74, 6) is 0. The summed E-state index contributed by atoms with van der Waals surface area (Å²) in [4.78, 5) is 0. The van der Waals surface area contributed by atoms with Crippen molar-refractivity contribution in [2.75, 3.05) is 6.61 Å². The molecule has 1 N–H and O–H groups in total. The number of rotatable bonds is 3. The molecule has 1 rings (SSSR count). The maximum absolute atomic E-state index is 8.59. The second kappa shape index (κ2) is 3.74. The van der Waals surface area contributed by atoms with Crippen LogP contribution in [0.2, 0.25) is 0 Å². The molecule has 0 atom stereocenters. The Labute approximate surface area is 64.7 Å². The highest BCUT2D eigenvalue weighted by Gasteiger charge is 1.99. The van der Waals surface area contributed by atoms with E-state index in [2.05, 4.69) is 5.10 Å². The largest absolute Gasteiger partial charge is 0.394 e. The molecule has 1 heterocycles. The molecule has 4 nitrogen and oxygen atoms in total. The monoisotopic (exact) mass is 151 g/mol. The zero-order valence-electron chi connectivity index (χ0n) is 6.06. The van der Waals surface area contributed by atoms with Gasteiger partial charge in [0.2, 0.25) is 0 Å². The summed E-state index contributed by atoms with van der Waals surface area (Å²) >= 11 is 0. The first-order valence-electron chi connectivity index (χ1n) is 3.37. The van der Waals surface area contributed by atoms with Crippen LogP contribution in [0.1, 0.15) is 5.69 Å². The lowest BCUT2D eigenvalue weighted by molar-refractivity contribution is 0.267. The molecule has 0 aliphatic heterocycles. The molecule has 0 unspecified atom stereocenters. The molecule has 0 fully saturated rings. The molecule has 0 aliphatic carbocycles. The summed E-state index contributed by atoms with van der Waals surface area (Å²) in [5, 5.41) is 20.9. The van der Waals surface area contributed by atoms with Gasteiger partial charge in [0.15, 0.2) is 0 Å². The van der Waals surface area contributed by atoms with E-state index in [-0.39, 0.29) is 6.61 Å². The number of aliphatic hydroxyl groups is 1. The Morgan fingerprint density at radius 3 is 3.18 bits per heavy atom. The molecular formula is C7H9N3O. The molecule has 0 spiro atoms. The van der Waals surface area contributed by atoms with Crippen LogP contribution in [0.15, 0.2) is 12.3 Å². The van der Waals surface area contributed by atoms with Crippen LogP contribution in [0.5, 0.6) is 0 Å². The quantitative estimate of drug-likeness (QED) is 0.658. The van der Waals surface area contributed by atoms with Crippen molar-refractivity contribution in [3.63, 3.8) is 0 Å². The van der Waals surface area contributed by atoms with Crippen LogP contribution in [0, 0.1) is 11.3 Å². The molecule has 0 amide bonds. The van der Waals surface area contributed by atoms with Gasteiger partial charge in [-0.15, -0.1) is 0 Å². The molecule has 0 aromatic carbocycles. The Kier molecular flexibility index (Phi) is 2.64. The second-order valence-electron chi connectivity index (χ2n) is 2.10. The summed E-state index contributed by atoms with van der Waals surface area (Å²) in [6, 6.07) is 3.80. The smallest absolute Gasteiger partial charge is 0.0771 e. The zero-order valence-corrected chi connectivity index (χ0v) is 6.06. The maximum Gasteiger partial charge on any atom is 0.0771 e. The number of aromatic nitrogens is 2. The highest BCUT2D eigenvalue weighted by atomic mass is 16.3. The van der Waals surface area contributed by atoms with Crippen molar-refractivity contribution in [2.24, 2.45) is 0 Å². The van der Waals surface area contributed by atoms with Crippen LogP contribution in [-0.4, -0.2) is 21.5 Å². The van der Waals surface area contributed by atoms with Crippen molar-refractivity contribution in [2.45, 2.75) is 13.0 Å². The molecule has 0 aliphatic rings. The van der Waals surface area contributed by atoms with Crippen molar-refractivity contribution in [3.05, 3.63) is 18.0 Å². The number of nitriles is 1. The minimum absolute atomic E-state index is 0.0557. The van der Waals surface area contributed by atoms with E-state index in [4.69, 9.17) is 10.4 Å². The van der Waals surface area contributed by atoms with Crippen LogP contribution in [0.25, 0.3) is 0 Å². The van der Waals surface area contributed by atoms with Gasteiger partial charge >= 0.3 is 0 Å². The van der Waals surface area contributed by atoms with Crippen molar-refractivity contribution >= 4 is 0 Å². The standard InChI is InChI=1S/C7H9N3O/c8-3-1-7-2-4-9-10(7)5-6-11/h2,4,11H,1,5-6H2. The van der Waals surface area contributed by atoms with Crippen molar-refractivity contribution in [1.29, 1.82) is 5.26 Å². The minimum atomic E-state index is 0.0557. The van der Waals surface area contributed by atoms with Crippen molar-refractivity contribution < 1.29 is 5.11 Å². The van der Waals surface area contributed by atoms with E-state index in [9.17, 15) is 0 Å². The Bertz CT molecular complexity index is 261. The van der Waals surface area contributed by atoms with Gasteiger partial charge in [-0.05, 0) is 6.07 Å². The fraction of sp³-hybridized carbons (Fsp3) is 0.429. The molecule has 1 aromatic rings. The van der Waals surface area contributed by atoms with Gasteiger partial charge in [0.05, 0.1) is 31.3 Å². The van der Waals surface area contributed by atoms with E-state index in [0.717, 1.165) is 5.69 Å². The van der Waals surface area contributed by atoms with Gasteiger partial charge in [-0.25, -0.2) is 0 Å². The van der Waals surface area contributed by atoms with E-state index in [1.807, 2.05) is 6.07 Å². The average Bonchev–Trinajstić information content (AvgIpc) is 2.39. The van der Waals surface area contributed by atoms with Gasteiger partial charge in [-0.2, -0.15) is 10.4 Å². The first-order valence-corrected chi connectivity index (χ1v) is 3.37. The predicted octanol–water partition coefficient (Wildman–Crippen LogP) is -0.0585. The van der Waals surface area contributed by atoms with Crippen molar-refractivity contribution in [3.8, 4) is 6.07 Å². The number of hydrogen-bond acceptors (Lipinski definition) is 3. The minimum Gasteiger partial charge on any atom is -0.394 e. The van der Waals surface area contributed by atoms with E-state index in [1.165, 1.54) is 0 Å². The highest BCUT2D eigenvalue weighted by molar-refractivity contribution is 5.06. The summed E-state index contributed by atoms with van der Waals surface area (Å²) in [6.07, 6.45) is 1.97. The molecule has 0 saturated heterocycles. The molecule has 58 valence electrons. The van der Waals surface area contributed by atoms with Gasteiger partial charge in [-0.1, -0.05) is 0 Å². The third kappa shape index (κ3) is 1.79. The Morgan fingerprint density at radius 2 is 2.55 bits per heavy atom. The lowest BCUT2D eigenvalue weighted by atomic mass is 10.3. The summed E-state index contributed by atoms with van der Waals surface area (Å²) in [6.45, 7) is 0.518. The fourth-order valence-electron chi connectivity index (χ4n) is 0.887. The third-order valence-corrected chi connectivity index (χ3v) is 1.38. The molecule has 11 heavy (non-hydrogen) atoms. The maximum atomic E-state index is 8.59. The van der Waals surface area contributed by atoms with Gasteiger partial charge in [0.1, 0.15) is 0 Å². The third-order valence-electron chi connectivity index (χ3n) is 1.38. The Hall–Kier alpha value is -1.34. The first-order chi connectivity index (χ1) is 5.38. The van der Waals surface area contributed by atoms with Gasteiger partial charge in [0, 0.05) is 6.20 Å². The number of nitrogens with zero attached hydrogens (tertiary/aromatic N) is 3. The topological polar surface area (TPSA) is 61.8 Å². The van der Waals surface area contributed by atoms with Crippen LogP contribution >= 0.6 is 0 Å². The number of aliphatic hydroxyl groups excluding tert-OH is 1. The van der Waals surface area contributed by atoms with Crippen molar-refractivity contribution in [1.82, 2.24) is 9.78 Å². The van der Waals surface area contributed by atoms with E-state index in [1.54, 1.807) is 16.9 Å². The second-order valence-corrected chi connectivity index (χ2v) is 2.10. The van der Waals surface area contributed by atoms with Crippen LogP contribution in [0.4, 0.5) is 0 Å². The van der Waals surface area contributed by atoms with Gasteiger partial charge in [0.25, 0.3) is 0 Å². The molecular weight excluding hydrogens is 142 g/mol. The zero-order chi connectivity index (χ0) is 8.10. The van der Waals surface area contributed by atoms with E-state index < -0.39 is 0 Å². The molecule has 1 aromatic heterocycles. The summed E-state index contributed by atoms with van der Waals surface area (Å²) in [5.41, 5.74) is 0.849. The molecule has 0 saturated carbocycles. The molecule has 4 heteroatoms. The van der Waals surface area contributed by atoms with E-state index >= 15 is 0 Å². The normalized spacial score (nSPS) is 9.45. The lowest BCUT2D eigenvalue weighted by Crippen LogP contribution is -2.07. The first kappa shape index (κ1) is 7.76. The fourth-order valence-corrected chi connectivity index (χ4v) is 0.887. The lowest BCUT2D eigenvalue weighted by Gasteiger charge is -2.00. The predicted molar refractivity (Wildman–Crippen MR) is 38.6 cm³/mol. The summed E-state index contributed by atoms with van der Waals surface area (Å²) in [7, 11) is 0. The highest BCUT2D eigenvalue weighted by Crippen LogP contribution is 1.98. The van der Waals surface area contributed by atoms with Gasteiger partial charge < -0.3 is 5.11 Å². The molecule has 0 bridgehead atoms. The Balaban J connectivity index is 2.71. The average molecular weight is 151 g/mol. The SMILES string of the molecule is N#CCc1ccnn1CCO. The molecule has 0 radical (unpaired) electrons. The van der Waals surface area contributed by atoms with Crippen LogP contribution in [0.3, 0.4) is 0 Å². The van der Waals surface area contributed by atoms with E-state index in [0.29, 0.717) is 13.0 Å². The summed E-state index contributed by atoms with van der Waals surface area (Å²) < 4.78 is 1.63. The van der Waals surface area contributed by atoms with Gasteiger partial charge in [-0.3, -0.25) is 4.68 Å². The van der Waals surface area contributed by atoms with Crippen LogP contribution < -0.4 is 0 Å². The Morgan fingerprint density at radius 1 is 1.73 bits per heavy atom.